The van der Waals surface area contributed by atoms with E-state index in [9.17, 15) is 14.4 Å². The van der Waals surface area contributed by atoms with Gasteiger partial charge < -0.3 is 15.0 Å². The molecular formula is C24H32N2O4S3. The Hall–Kier alpha value is -1.81. The normalized spacial score (nSPS) is 20.5. The first-order valence-corrected chi connectivity index (χ1v) is 11.7. The number of Topliss-reactive ketones (excluding diaryl/α,β-unsaturated/α-hetero) is 1. The van der Waals surface area contributed by atoms with Gasteiger partial charge in [-0.2, -0.15) is 27.0 Å². The molecule has 0 radical (unpaired) electrons. The second-order valence-corrected chi connectivity index (χ2v) is 9.59. The van der Waals surface area contributed by atoms with Crippen molar-refractivity contribution in [3.8, 4) is 10.4 Å². The quantitative estimate of drug-likeness (QED) is 0.645. The van der Waals surface area contributed by atoms with Crippen LogP contribution in [-0.4, -0.2) is 53.8 Å². The summed E-state index contributed by atoms with van der Waals surface area (Å²) >= 11 is 1.65. The minimum absolute atomic E-state index is 0. The van der Waals surface area contributed by atoms with E-state index in [2.05, 4.69) is 5.32 Å². The zero-order chi connectivity index (χ0) is 22.0. The van der Waals surface area contributed by atoms with Crippen molar-refractivity contribution in [1.82, 2.24) is 10.2 Å². The lowest BCUT2D eigenvalue weighted by atomic mass is 9.95. The maximum absolute atomic E-state index is 13.4. The number of nitrogens with zero attached hydrogens (tertiary/aromatic N) is 1. The Labute approximate surface area is 213 Å². The first-order valence-electron chi connectivity index (χ1n) is 10.8. The fraction of sp³-hybridized carbons (Fsp3) is 0.458. The van der Waals surface area contributed by atoms with Crippen molar-refractivity contribution in [3.63, 3.8) is 0 Å². The molecule has 9 heteroatoms. The van der Waals surface area contributed by atoms with Gasteiger partial charge in [-0.25, -0.2) is 0 Å². The Bertz CT molecular complexity index is 947. The van der Waals surface area contributed by atoms with Gasteiger partial charge in [0.05, 0.1) is 6.10 Å². The number of hydrogen-bond donors (Lipinski definition) is 1. The Morgan fingerprint density at radius 2 is 1.91 bits per heavy atom. The number of likely N-dealkylation sites (tertiary alicyclic amines) is 1. The Morgan fingerprint density at radius 1 is 1.18 bits per heavy atom. The van der Waals surface area contributed by atoms with E-state index in [0.29, 0.717) is 18.5 Å². The summed E-state index contributed by atoms with van der Waals surface area (Å²) in [5.74, 6) is -0.298. The summed E-state index contributed by atoms with van der Waals surface area (Å²) in [4.78, 5) is 41.5. The van der Waals surface area contributed by atoms with E-state index < -0.39 is 12.1 Å². The second-order valence-electron chi connectivity index (χ2n) is 8.64. The molecule has 0 aliphatic carbocycles. The first-order chi connectivity index (χ1) is 14.9. The van der Waals surface area contributed by atoms with E-state index in [1.165, 1.54) is 0 Å². The van der Waals surface area contributed by atoms with Crippen LogP contribution in [0.15, 0.2) is 41.8 Å². The van der Waals surface area contributed by atoms with Crippen LogP contribution in [-0.2, 0) is 14.3 Å². The average Bonchev–Trinajstić information content (AvgIpc) is 3.43. The van der Waals surface area contributed by atoms with Gasteiger partial charge in [-0.1, -0.05) is 32.0 Å². The summed E-state index contributed by atoms with van der Waals surface area (Å²) < 4.78 is 5.57. The number of ketones is 1. The maximum atomic E-state index is 13.4. The van der Waals surface area contributed by atoms with Crippen molar-refractivity contribution >= 4 is 55.9 Å². The Morgan fingerprint density at radius 3 is 2.55 bits per heavy atom. The third-order valence-corrected chi connectivity index (χ3v) is 6.81. The maximum Gasteiger partial charge on any atom is 0.251 e. The van der Waals surface area contributed by atoms with Gasteiger partial charge in [0.25, 0.3) is 5.91 Å². The molecule has 1 aromatic heterocycles. The molecule has 3 heterocycles. The van der Waals surface area contributed by atoms with E-state index in [1.54, 1.807) is 28.4 Å². The van der Waals surface area contributed by atoms with Crippen LogP contribution in [0.5, 0.6) is 0 Å². The fourth-order valence-corrected chi connectivity index (χ4v) is 5.13. The molecule has 180 valence electrons. The van der Waals surface area contributed by atoms with Crippen molar-refractivity contribution in [2.24, 2.45) is 5.92 Å². The number of piperidine rings is 1. The smallest absolute Gasteiger partial charge is 0.251 e. The molecule has 33 heavy (non-hydrogen) atoms. The summed E-state index contributed by atoms with van der Waals surface area (Å²) in [6, 6.07) is 10.3. The van der Waals surface area contributed by atoms with Crippen molar-refractivity contribution < 1.29 is 19.1 Å². The zero-order valence-corrected chi connectivity index (χ0v) is 21.7. The SMILES string of the molecule is CC(C)C[C@H](NC(=O)c1ccc(-c2cccs2)cc1)C(=O)N1CCC[C@H]2OCC(=O)[C@H]21.S.S. The summed E-state index contributed by atoms with van der Waals surface area (Å²) in [5, 5.41) is 4.95. The minimum Gasteiger partial charge on any atom is -0.368 e. The summed E-state index contributed by atoms with van der Waals surface area (Å²) in [5.41, 5.74) is 1.57. The number of rotatable bonds is 6. The number of nitrogens with one attached hydrogen (secondary N) is 1. The Balaban J connectivity index is 0.00000193. The first kappa shape index (κ1) is 27.4. The highest BCUT2D eigenvalue weighted by molar-refractivity contribution is 7.59. The number of thiophene rings is 1. The number of carbonyl (C=O) groups excluding carboxylic acids is 3. The molecule has 2 aromatic rings. The molecule has 0 bridgehead atoms. The van der Waals surface area contributed by atoms with Gasteiger partial charge >= 0.3 is 0 Å². The highest BCUT2D eigenvalue weighted by Gasteiger charge is 2.45. The predicted octanol–water partition coefficient (Wildman–Crippen LogP) is 3.74. The lowest BCUT2D eigenvalue weighted by Gasteiger charge is -2.37. The molecule has 0 spiro atoms. The van der Waals surface area contributed by atoms with Crippen LogP contribution in [0.2, 0.25) is 0 Å². The molecular weight excluding hydrogens is 476 g/mol. The standard InChI is InChI=1S/C24H28N2O4S.2H2S/c1-15(2)13-18(24(29)26-11-3-5-20-22(26)19(27)14-30-20)25-23(28)17-9-7-16(8-10-17)21-6-4-12-31-21;;/h4,6-10,12,15,18,20,22H,3,5,11,13-14H2,1-2H3,(H,25,28);2*1H2/t18-,20+,22+;;/m0../s1. The molecule has 2 fully saturated rings. The summed E-state index contributed by atoms with van der Waals surface area (Å²) in [6.07, 6.45) is 1.89. The lowest BCUT2D eigenvalue weighted by molar-refractivity contribution is -0.142. The minimum atomic E-state index is -0.670. The molecule has 0 saturated carbocycles. The molecule has 1 N–H and O–H groups in total. The van der Waals surface area contributed by atoms with Gasteiger partial charge in [0, 0.05) is 17.0 Å². The average molecular weight is 509 g/mol. The number of hydrogen-bond acceptors (Lipinski definition) is 5. The summed E-state index contributed by atoms with van der Waals surface area (Å²) in [7, 11) is 0. The van der Waals surface area contributed by atoms with Crippen LogP contribution < -0.4 is 5.32 Å². The van der Waals surface area contributed by atoms with E-state index >= 15 is 0 Å². The lowest BCUT2D eigenvalue weighted by Crippen LogP contribution is -2.58. The molecule has 4 rings (SSSR count). The van der Waals surface area contributed by atoms with Crippen LogP contribution >= 0.6 is 38.3 Å². The predicted molar refractivity (Wildman–Crippen MR) is 141 cm³/mol. The van der Waals surface area contributed by atoms with Crippen LogP contribution in [0.1, 0.15) is 43.5 Å². The van der Waals surface area contributed by atoms with Crippen molar-refractivity contribution in [2.75, 3.05) is 13.2 Å². The third kappa shape index (κ3) is 6.20. The van der Waals surface area contributed by atoms with Crippen molar-refractivity contribution in [2.45, 2.75) is 51.3 Å². The van der Waals surface area contributed by atoms with Gasteiger partial charge in [-0.05, 0) is 54.3 Å². The second kappa shape index (κ2) is 12.1. The van der Waals surface area contributed by atoms with Gasteiger partial charge in [0.1, 0.15) is 18.7 Å². The number of ether oxygens (including phenoxy) is 1. The largest absolute Gasteiger partial charge is 0.368 e. The fourth-order valence-electron chi connectivity index (χ4n) is 4.40. The van der Waals surface area contributed by atoms with Crippen LogP contribution in [0.25, 0.3) is 10.4 Å². The zero-order valence-electron chi connectivity index (χ0n) is 18.9. The van der Waals surface area contributed by atoms with E-state index in [4.69, 9.17) is 4.74 Å². The highest BCUT2D eigenvalue weighted by atomic mass is 32.1. The van der Waals surface area contributed by atoms with Crippen molar-refractivity contribution in [1.29, 1.82) is 0 Å². The van der Waals surface area contributed by atoms with E-state index in [-0.39, 0.29) is 63.2 Å². The number of carbonyl (C=O) groups is 3. The number of fused-ring (bicyclic) bond motifs is 1. The van der Waals surface area contributed by atoms with Crippen molar-refractivity contribution in [3.05, 3.63) is 47.3 Å². The molecule has 2 aliphatic rings. The Kier molecular flexibility index (Phi) is 10.0. The number of benzene rings is 1. The van der Waals surface area contributed by atoms with Crippen LogP contribution in [0.3, 0.4) is 0 Å². The molecule has 1 aromatic carbocycles. The summed E-state index contributed by atoms with van der Waals surface area (Å²) in [6.45, 7) is 4.63. The number of amides is 2. The third-order valence-electron chi connectivity index (χ3n) is 5.89. The van der Waals surface area contributed by atoms with Gasteiger partial charge in [-0.15, -0.1) is 11.3 Å². The molecule has 3 atom stereocenters. The monoisotopic (exact) mass is 508 g/mol. The van der Waals surface area contributed by atoms with Crippen LogP contribution in [0, 0.1) is 5.92 Å². The topological polar surface area (TPSA) is 75.7 Å². The molecule has 2 saturated heterocycles. The molecule has 2 amide bonds. The molecule has 2 aliphatic heterocycles. The van der Waals surface area contributed by atoms with Crippen LogP contribution in [0.4, 0.5) is 0 Å². The molecule has 0 unspecified atom stereocenters. The molecule has 6 nitrogen and oxygen atoms in total. The van der Waals surface area contributed by atoms with Gasteiger partial charge in [-0.3, -0.25) is 14.4 Å². The van der Waals surface area contributed by atoms with E-state index in [0.717, 1.165) is 23.3 Å². The van der Waals surface area contributed by atoms with Gasteiger partial charge in [0.15, 0.2) is 5.78 Å². The van der Waals surface area contributed by atoms with Gasteiger partial charge in [0.2, 0.25) is 5.91 Å². The van der Waals surface area contributed by atoms with E-state index in [1.807, 2.05) is 43.5 Å². The highest BCUT2D eigenvalue weighted by Crippen LogP contribution is 2.28.